The molecule has 0 saturated heterocycles. The minimum Gasteiger partial charge on any atom is -0.486 e. The molecule has 25 heavy (non-hydrogen) atoms. The molecule has 1 aliphatic rings. The Morgan fingerprint density at radius 1 is 1.12 bits per heavy atom. The third kappa shape index (κ3) is 4.30. The van der Waals surface area contributed by atoms with Crippen molar-refractivity contribution < 1.29 is 28.6 Å². The van der Waals surface area contributed by atoms with Gasteiger partial charge >= 0.3 is 11.8 Å². The van der Waals surface area contributed by atoms with Gasteiger partial charge in [0.2, 0.25) is 0 Å². The summed E-state index contributed by atoms with van der Waals surface area (Å²) in [6.45, 7) is 1.04. The van der Waals surface area contributed by atoms with Crippen molar-refractivity contribution in [2.75, 3.05) is 25.1 Å². The van der Waals surface area contributed by atoms with Gasteiger partial charge in [-0.2, -0.15) is 0 Å². The zero-order chi connectivity index (χ0) is 17.6. The molecule has 3 N–H and O–H groups in total. The van der Waals surface area contributed by atoms with Crippen LogP contribution in [0, 0.1) is 0 Å². The molecule has 0 fully saturated rings. The number of hydrogen-bond acceptors (Lipinski definition) is 6. The van der Waals surface area contributed by atoms with Crippen molar-refractivity contribution in [1.29, 1.82) is 0 Å². The summed E-state index contributed by atoms with van der Waals surface area (Å²) in [7, 11) is 0. The molecule has 2 heterocycles. The van der Waals surface area contributed by atoms with Gasteiger partial charge in [-0.25, -0.2) is 0 Å². The Morgan fingerprint density at radius 3 is 2.68 bits per heavy atom. The third-order valence-electron chi connectivity index (χ3n) is 3.58. The Bertz CT molecular complexity index is 744. The van der Waals surface area contributed by atoms with Gasteiger partial charge in [0.25, 0.3) is 0 Å². The van der Waals surface area contributed by atoms with Gasteiger partial charge in [-0.05, 0) is 30.7 Å². The van der Waals surface area contributed by atoms with Crippen LogP contribution >= 0.6 is 0 Å². The molecule has 3 rings (SSSR count). The SMILES string of the molecule is O=C(NCC[C@@H](O)c1ccco1)C(=O)Nc1ccc2c(c1)OCCO2. The number of amides is 2. The van der Waals surface area contributed by atoms with E-state index in [1.807, 2.05) is 0 Å². The number of fused-ring (bicyclic) bond motifs is 1. The minimum absolute atomic E-state index is 0.134. The number of rotatable bonds is 5. The molecule has 2 aromatic rings. The van der Waals surface area contributed by atoms with E-state index in [-0.39, 0.29) is 13.0 Å². The van der Waals surface area contributed by atoms with Gasteiger partial charge in [0.05, 0.1) is 6.26 Å². The van der Waals surface area contributed by atoms with E-state index in [1.54, 1.807) is 30.3 Å². The molecule has 0 unspecified atom stereocenters. The molecule has 0 aliphatic carbocycles. The zero-order valence-corrected chi connectivity index (χ0v) is 13.4. The fourth-order valence-corrected chi connectivity index (χ4v) is 2.33. The molecule has 1 aromatic carbocycles. The first-order chi connectivity index (χ1) is 12.1. The summed E-state index contributed by atoms with van der Waals surface area (Å²) in [5.41, 5.74) is 0.431. The van der Waals surface area contributed by atoms with E-state index >= 15 is 0 Å². The molecule has 1 aromatic heterocycles. The monoisotopic (exact) mass is 346 g/mol. The Balaban J connectivity index is 1.47. The van der Waals surface area contributed by atoms with Gasteiger partial charge in [0.1, 0.15) is 25.1 Å². The number of aliphatic hydroxyl groups excluding tert-OH is 1. The second-order valence-corrected chi connectivity index (χ2v) is 5.39. The van der Waals surface area contributed by atoms with Gasteiger partial charge < -0.3 is 29.6 Å². The second-order valence-electron chi connectivity index (χ2n) is 5.39. The quantitative estimate of drug-likeness (QED) is 0.703. The summed E-state index contributed by atoms with van der Waals surface area (Å²) >= 11 is 0. The number of carbonyl (C=O) groups is 2. The largest absolute Gasteiger partial charge is 0.486 e. The van der Waals surface area contributed by atoms with Crippen LogP contribution in [0.5, 0.6) is 11.5 Å². The highest BCUT2D eigenvalue weighted by Crippen LogP contribution is 2.32. The molecule has 8 heteroatoms. The maximum atomic E-state index is 11.9. The fraction of sp³-hybridized carbons (Fsp3) is 0.294. The molecule has 0 radical (unpaired) electrons. The van der Waals surface area contributed by atoms with Crippen LogP contribution in [-0.4, -0.2) is 36.7 Å². The number of aliphatic hydroxyl groups is 1. The lowest BCUT2D eigenvalue weighted by molar-refractivity contribution is -0.136. The fourth-order valence-electron chi connectivity index (χ4n) is 2.33. The van der Waals surface area contributed by atoms with Gasteiger partial charge in [0, 0.05) is 18.3 Å². The Morgan fingerprint density at radius 2 is 1.92 bits per heavy atom. The second kappa shape index (κ2) is 7.71. The number of carbonyl (C=O) groups excluding carboxylic acids is 2. The van der Waals surface area contributed by atoms with Gasteiger partial charge in [-0.3, -0.25) is 9.59 Å². The summed E-state index contributed by atoms with van der Waals surface area (Å²) in [5, 5.41) is 14.8. The van der Waals surface area contributed by atoms with Crippen molar-refractivity contribution in [3.63, 3.8) is 0 Å². The number of nitrogens with one attached hydrogen (secondary N) is 2. The average molecular weight is 346 g/mol. The number of benzene rings is 1. The maximum absolute atomic E-state index is 11.9. The van der Waals surface area contributed by atoms with Gasteiger partial charge in [-0.15, -0.1) is 0 Å². The Hall–Kier alpha value is -3.00. The van der Waals surface area contributed by atoms with E-state index in [9.17, 15) is 14.7 Å². The van der Waals surface area contributed by atoms with E-state index < -0.39 is 17.9 Å². The van der Waals surface area contributed by atoms with Gasteiger partial charge in [0.15, 0.2) is 11.5 Å². The normalized spacial score (nSPS) is 13.8. The van der Waals surface area contributed by atoms with E-state index in [1.165, 1.54) is 6.26 Å². The van der Waals surface area contributed by atoms with Crippen LogP contribution in [0.15, 0.2) is 41.0 Å². The lowest BCUT2D eigenvalue weighted by Crippen LogP contribution is -2.36. The smallest absolute Gasteiger partial charge is 0.313 e. The van der Waals surface area contributed by atoms with Gasteiger partial charge in [-0.1, -0.05) is 0 Å². The van der Waals surface area contributed by atoms with Crippen molar-refractivity contribution in [2.45, 2.75) is 12.5 Å². The summed E-state index contributed by atoms with van der Waals surface area (Å²) < 4.78 is 15.9. The van der Waals surface area contributed by atoms with Crippen LogP contribution in [0.1, 0.15) is 18.3 Å². The number of hydrogen-bond donors (Lipinski definition) is 3. The summed E-state index contributed by atoms with van der Waals surface area (Å²) in [6, 6.07) is 8.19. The summed E-state index contributed by atoms with van der Waals surface area (Å²) in [5.74, 6) is -0.0627. The molecule has 0 spiro atoms. The molecule has 132 valence electrons. The third-order valence-corrected chi connectivity index (χ3v) is 3.58. The topological polar surface area (TPSA) is 110 Å². The minimum atomic E-state index is -0.837. The van der Waals surface area contributed by atoms with Crippen molar-refractivity contribution in [3.05, 3.63) is 42.4 Å². The number of furan rings is 1. The lowest BCUT2D eigenvalue weighted by atomic mass is 10.2. The molecule has 2 amide bonds. The van der Waals surface area contributed by atoms with E-state index in [2.05, 4.69) is 10.6 Å². The number of anilines is 1. The predicted octanol–water partition coefficient (Wildman–Crippen LogP) is 1.23. The molecule has 0 bridgehead atoms. The van der Waals surface area contributed by atoms with E-state index in [0.717, 1.165) is 0 Å². The maximum Gasteiger partial charge on any atom is 0.313 e. The predicted molar refractivity (Wildman–Crippen MR) is 87.4 cm³/mol. The zero-order valence-electron chi connectivity index (χ0n) is 13.4. The summed E-state index contributed by atoms with van der Waals surface area (Å²) in [4.78, 5) is 23.7. The van der Waals surface area contributed by atoms with Crippen LogP contribution in [0.3, 0.4) is 0 Å². The van der Waals surface area contributed by atoms with Crippen molar-refractivity contribution in [2.24, 2.45) is 0 Å². The number of ether oxygens (including phenoxy) is 2. The molecule has 0 saturated carbocycles. The Kier molecular flexibility index (Phi) is 5.20. The highest BCUT2D eigenvalue weighted by molar-refractivity contribution is 6.39. The molecular weight excluding hydrogens is 328 g/mol. The highest BCUT2D eigenvalue weighted by atomic mass is 16.6. The first kappa shape index (κ1) is 16.8. The van der Waals surface area contributed by atoms with Crippen LogP contribution in [-0.2, 0) is 9.59 Å². The van der Waals surface area contributed by atoms with Crippen LogP contribution < -0.4 is 20.1 Å². The van der Waals surface area contributed by atoms with E-state index in [4.69, 9.17) is 13.9 Å². The van der Waals surface area contributed by atoms with Crippen molar-refractivity contribution in [3.8, 4) is 11.5 Å². The molecule has 1 aliphatic heterocycles. The van der Waals surface area contributed by atoms with Crippen LogP contribution in [0.25, 0.3) is 0 Å². The molecule has 8 nitrogen and oxygen atoms in total. The van der Waals surface area contributed by atoms with Crippen molar-refractivity contribution in [1.82, 2.24) is 5.32 Å². The molecule has 1 atom stereocenters. The average Bonchev–Trinajstić information content (AvgIpc) is 3.16. The van der Waals surface area contributed by atoms with E-state index in [0.29, 0.717) is 36.2 Å². The molecular formula is C17H18N2O6. The summed E-state index contributed by atoms with van der Waals surface area (Å²) in [6.07, 6.45) is 0.852. The van der Waals surface area contributed by atoms with Crippen molar-refractivity contribution >= 4 is 17.5 Å². The first-order valence-corrected chi connectivity index (χ1v) is 7.84. The lowest BCUT2D eigenvalue weighted by Gasteiger charge is -2.18. The first-order valence-electron chi connectivity index (χ1n) is 7.84. The highest BCUT2D eigenvalue weighted by Gasteiger charge is 2.17. The van der Waals surface area contributed by atoms with Crippen LogP contribution in [0.4, 0.5) is 5.69 Å². The van der Waals surface area contributed by atoms with Crippen LogP contribution in [0.2, 0.25) is 0 Å². The standard InChI is InChI=1S/C17H18N2O6/c20-12(13-2-1-7-23-13)5-6-18-16(21)17(22)19-11-3-4-14-15(10-11)25-9-8-24-14/h1-4,7,10,12,20H,5-6,8-9H2,(H,18,21)(H,19,22)/t12-/m1/s1. The Labute approximate surface area is 143 Å².